The third-order valence-corrected chi connectivity index (χ3v) is 4.17. The molecule has 0 bridgehead atoms. The maximum absolute atomic E-state index is 12.1. The fraction of sp³-hybridized carbons (Fsp3) is 0.167. The van der Waals surface area contributed by atoms with E-state index in [4.69, 9.17) is 4.42 Å². The van der Waals surface area contributed by atoms with Gasteiger partial charge in [0.1, 0.15) is 0 Å². The van der Waals surface area contributed by atoms with E-state index < -0.39 is 0 Å². The molecule has 0 aliphatic carbocycles. The Morgan fingerprint density at radius 3 is 2.52 bits per heavy atom. The molecular formula is C18H16N2O2S. The van der Waals surface area contributed by atoms with Gasteiger partial charge in [0.2, 0.25) is 5.89 Å². The highest BCUT2D eigenvalue weighted by Crippen LogP contribution is 2.19. The molecule has 0 amide bonds. The number of benzene rings is 2. The van der Waals surface area contributed by atoms with Gasteiger partial charge in [-0.15, -0.1) is 10.2 Å². The van der Waals surface area contributed by atoms with E-state index in [1.165, 1.54) is 11.8 Å². The molecule has 0 spiro atoms. The van der Waals surface area contributed by atoms with Crippen molar-refractivity contribution in [2.75, 3.05) is 5.75 Å². The van der Waals surface area contributed by atoms with E-state index in [1.807, 2.05) is 61.5 Å². The molecular weight excluding hydrogens is 308 g/mol. The quantitative estimate of drug-likeness (QED) is 0.508. The molecule has 1 aromatic heterocycles. The number of hydrogen-bond acceptors (Lipinski definition) is 5. The normalized spacial score (nSPS) is 10.7. The summed E-state index contributed by atoms with van der Waals surface area (Å²) in [5.74, 6) is 0.898. The highest BCUT2D eigenvalue weighted by atomic mass is 32.2. The second-order valence-electron chi connectivity index (χ2n) is 5.20. The van der Waals surface area contributed by atoms with Crippen molar-refractivity contribution in [2.24, 2.45) is 0 Å². The zero-order valence-electron chi connectivity index (χ0n) is 12.7. The van der Waals surface area contributed by atoms with Crippen LogP contribution in [0.15, 0.2) is 64.2 Å². The summed E-state index contributed by atoms with van der Waals surface area (Å²) < 4.78 is 5.58. The van der Waals surface area contributed by atoms with E-state index in [1.54, 1.807) is 0 Å². The van der Waals surface area contributed by atoms with E-state index in [2.05, 4.69) is 10.2 Å². The Balaban J connectivity index is 1.57. The number of aromatic nitrogens is 2. The monoisotopic (exact) mass is 324 g/mol. The van der Waals surface area contributed by atoms with E-state index in [0.29, 0.717) is 23.1 Å². The van der Waals surface area contributed by atoms with Crippen LogP contribution in [-0.4, -0.2) is 21.7 Å². The molecule has 2 aromatic carbocycles. The van der Waals surface area contributed by atoms with Gasteiger partial charge in [0, 0.05) is 5.56 Å². The average Bonchev–Trinajstić information content (AvgIpc) is 3.02. The van der Waals surface area contributed by atoms with Crippen LogP contribution in [0.25, 0.3) is 0 Å². The molecule has 0 aliphatic rings. The van der Waals surface area contributed by atoms with Crippen molar-refractivity contribution in [1.29, 1.82) is 0 Å². The van der Waals surface area contributed by atoms with Crippen LogP contribution in [-0.2, 0) is 6.42 Å². The summed E-state index contributed by atoms with van der Waals surface area (Å²) in [5, 5.41) is 8.44. The van der Waals surface area contributed by atoms with E-state index in [9.17, 15) is 4.79 Å². The summed E-state index contributed by atoms with van der Waals surface area (Å²) in [7, 11) is 0. The lowest BCUT2D eigenvalue weighted by Crippen LogP contribution is -2.02. The average molecular weight is 324 g/mol. The lowest BCUT2D eigenvalue weighted by Gasteiger charge is -1.99. The number of carbonyl (C=O) groups is 1. The second kappa shape index (κ2) is 7.24. The molecule has 0 radical (unpaired) electrons. The minimum Gasteiger partial charge on any atom is -0.416 e. The molecule has 3 rings (SSSR count). The molecule has 0 saturated carbocycles. The number of hydrogen-bond donors (Lipinski definition) is 0. The van der Waals surface area contributed by atoms with Crippen LogP contribution in [0.2, 0.25) is 0 Å². The molecule has 0 unspecified atom stereocenters. The number of nitrogens with zero attached hydrogens (tertiary/aromatic N) is 2. The Morgan fingerprint density at radius 2 is 1.78 bits per heavy atom. The van der Waals surface area contributed by atoms with Crippen LogP contribution in [0.3, 0.4) is 0 Å². The minimum absolute atomic E-state index is 0.0535. The Labute approximate surface area is 138 Å². The van der Waals surface area contributed by atoms with Gasteiger partial charge in [-0.1, -0.05) is 71.9 Å². The van der Waals surface area contributed by atoms with Crippen LogP contribution >= 0.6 is 11.8 Å². The molecule has 0 aliphatic heterocycles. The van der Waals surface area contributed by atoms with Gasteiger partial charge in [-0.3, -0.25) is 4.79 Å². The Bertz CT molecular complexity index is 782. The van der Waals surface area contributed by atoms with Crippen molar-refractivity contribution < 1.29 is 9.21 Å². The van der Waals surface area contributed by atoms with Gasteiger partial charge < -0.3 is 4.42 Å². The molecule has 5 heteroatoms. The molecule has 0 atom stereocenters. The number of carbonyl (C=O) groups excluding carboxylic acids is 1. The highest BCUT2D eigenvalue weighted by Gasteiger charge is 2.11. The fourth-order valence-electron chi connectivity index (χ4n) is 2.09. The van der Waals surface area contributed by atoms with Crippen molar-refractivity contribution in [3.63, 3.8) is 0 Å². The van der Waals surface area contributed by atoms with Gasteiger partial charge in [0.15, 0.2) is 5.78 Å². The zero-order valence-corrected chi connectivity index (χ0v) is 13.5. The predicted molar refractivity (Wildman–Crippen MR) is 89.8 cm³/mol. The molecule has 116 valence electrons. The molecule has 0 fully saturated rings. The summed E-state index contributed by atoms with van der Waals surface area (Å²) in [4.78, 5) is 12.1. The standard InChI is InChI=1S/C18H16N2O2S/c1-13-7-9-15(10-8-13)16(21)12-23-18-20-19-17(22-18)11-14-5-3-2-4-6-14/h2-10H,11-12H2,1H3. The molecule has 0 N–H and O–H groups in total. The highest BCUT2D eigenvalue weighted by molar-refractivity contribution is 7.99. The van der Waals surface area contributed by atoms with E-state index >= 15 is 0 Å². The topological polar surface area (TPSA) is 56.0 Å². The summed E-state index contributed by atoms with van der Waals surface area (Å²) in [6, 6.07) is 17.5. The number of thioether (sulfide) groups is 1. The first kappa shape index (κ1) is 15.5. The molecule has 3 aromatic rings. The van der Waals surface area contributed by atoms with Crippen molar-refractivity contribution >= 4 is 17.5 Å². The van der Waals surface area contributed by atoms with Crippen molar-refractivity contribution in [2.45, 2.75) is 18.6 Å². The summed E-state index contributed by atoms with van der Waals surface area (Å²) in [6.45, 7) is 2.00. The maximum Gasteiger partial charge on any atom is 0.277 e. The summed E-state index contributed by atoms with van der Waals surface area (Å²) >= 11 is 1.27. The Hall–Kier alpha value is -2.40. The van der Waals surface area contributed by atoms with Gasteiger partial charge >= 0.3 is 0 Å². The van der Waals surface area contributed by atoms with Crippen molar-refractivity contribution in [3.05, 3.63) is 77.2 Å². The molecule has 4 nitrogen and oxygen atoms in total. The second-order valence-corrected chi connectivity index (χ2v) is 6.13. The summed E-state index contributed by atoms with van der Waals surface area (Å²) in [5.41, 5.74) is 2.95. The first-order chi connectivity index (χ1) is 11.2. The van der Waals surface area contributed by atoms with Gasteiger partial charge in [-0.2, -0.15) is 0 Å². The van der Waals surface area contributed by atoms with E-state index in [0.717, 1.165) is 11.1 Å². The number of aryl methyl sites for hydroxylation is 1. The van der Waals surface area contributed by atoms with Crippen LogP contribution in [0, 0.1) is 6.92 Å². The molecule has 0 saturated heterocycles. The fourth-order valence-corrected chi connectivity index (χ4v) is 2.76. The molecule has 23 heavy (non-hydrogen) atoms. The SMILES string of the molecule is Cc1ccc(C(=O)CSc2nnc(Cc3ccccc3)o2)cc1. The summed E-state index contributed by atoms with van der Waals surface area (Å²) in [6.07, 6.45) is 0.598. The maximum atomic E-state index is 12.1. The lowest BCUT2D eigenvalue weighted by atomic mass is 10.1. The predicted octanol–water partition coefficient (Wildman–Crippen LogP) is 3.94. The van der Waals surface area contributed by atoms with Crippen LogP contribution in [0.1, 0.15) is 27.4 Å². The Morgan fingerprint density at radius 1 is 1.04 bits per heavy atom. The number of rotatable bonds is 6. The van der Waals surface area contributed by atoms with Gasteiger partial charge in [0.05, 0.1) is 12.2 Å². The first-order valence-electron chi connectivity index (χ1n) is 7.30. The van der Waals surface area contributed by atoms with Crippen molar-refractivity contribution in [3.8, 4) is 0 Å². The third-order valence-electron chi connectivity index (χ3n) is 3.35. The Kier molecular flexibility index (Phi) is 4.88. The number of Topliss-reactive ketones (excluding diaryl/α,β-unsaturated/α-hetero) is 1. The minimum atomic E-state index is 0.0535. The van der Waals surface area contributed by atoms with Crippen LogP contribution in [0.4, 0.5) is 0 Å². The third kappa shape index (κ3) is 4.29. The van der Waals surface area contributed by atoms with Gasteiger partial charge in [-0.05, 0) is 12.5 Å². The smallest absolute Gasteiger partial charge is 0.277 e. The largest absolute Gasteiger partial charge is 0.416 e. The van der Waals surface area contributed by atoms with Crippen LogP contribution < -0.4 is 0 Å². The lowest BCUT2D eigenvalue weighted by molar-refractivity contribution is 0.102. The zero-order chi connectivity index (χ0) is 16.1. The van der Waals surface area contributed by atoms with Crippen molar-refractivity contribution in [1.82, 2.24) is 10.2 Å². The van der Waals surface area contributed by atoms with Gasteiger partial charge in [-0.25, -0.2) is 0 Å². The number of ketones is 1. The van der Waals surface area contributed by atoms with Gasteiger partial charge in [0.25, 0.3) is 5.22 Å². The first-order valence-corrected chi connectivity index (χ1v) is 8.28. The molecule has 1 heterocycles. The van der Waals surface area contributed by atoms with Crippen LogP contribution in [0.5, 0.6) is 0 Å². The van der Waals surface area contributed by atoms with E-state index in [-0.39, 0.29) is 11.5 Å².